The van der Waals surface area contributed by atoms with E-state index in [1.165, 1.54) is 37.1 Å². The number of para-hydroxylation sites is 1. The van der Waals surface area contributed by atoms with Gasteiger partial charge in [-0.25, -0.2) is 12.8 Å². The van der Waals surface area contributed by atoms with Crippen molar-refractivity contribution in [3.05, 3.63) is 54.3 Å². The first kappa shape index (κ1) is 22.1. The van der Waals surface area contributed by atoms with Crippen molar-refractivity contribution in [2.75, 3.05) is 15.9 Å². The van der Waals surface area contributed by atoms with Gasteiger partial charge in [0.25, 0.3) is 0 Å². The van der Waals surface area contributed by atoms with Crippen molar-refractivity contribution in [2.24, 2.45) is 0 Å². The Hall–Kier alpha value is -2.61. The van der Waals surface area contributed by atoms with Gasteiger partial charge in [-0.15, -0.1) is 0 Å². The first-order valence-corrected chi connectivity index (χ1v) is 12.0. The second-order valence-electron chi connectivity index (χ2n) is 7.47. The third-order valence-electron chi connectivity index (χ3n) is 5.15. The number of nitrogens with one attached hydrogen (secondary N) is 1. The molecule has 30 heavy (non-hydrogen) atoms. The number of hydrogen-bond donors (Lipinski definition) is 1. The van der Waals surface area contributed by atoms with Crippen LogP contribution < -0.4 is 14.4 Å². The normalized spacial score (nSPS) is 15.6. The predicted molar refractivity (Wildman–Crippen MR) is 116 cm³/mol. The van der Waals surface area contributed by atoms with Crippen molar-refractivity contribution in [3.8, 4) is 5.75 Å². The maximum atomic E-state index is 14.3. The third-order valence-corrected chi connectivity index (χ3v) is 6.31. The highest BCUT2D eigenvalue weighted by molar-refractivity contribution is 7.92. The highest BCUT2D eigenvalue weighted by atomic mass is 32.2. The van der Waals surface area contributed by atoms with Crippen LogP contribution in [0.2, 0.25) is 0 Å². The average Bonchev–Trinajstić information content (AvgIpc) is 3.20. The Morgan fingerprint density at radius 3 is 2.37 bits per heavy atom. The number of ether oxygens (including phenoxy) is 1. The van der Waals surface area contributed by atoms with Crippen molar-refractivity contribution in [3.63, 3.8) is 0 Å². The molecule has 1 fully saturated rings. The maximum absolute atomic E-state index is 14.3. The molecular formula is C22H27FN2O4S. The SMILES string of the molecule is CC[C@@H](C(=O)Nc1ccc(OC2CCCC2)cc1)N(c1ccccc1F)S(C)(=O)=O. The molecule has 0 aliphatic heterocycles. The second-order valence-corrected chi connectivity index (χ2v) is 9.33. The summed E-state index contributed by atoms with van der Waals surface area (Å²) in [5.41, 5.74) is 0.363. The Morgan fingerprint density at radius 2 is 1.80 bits per heavy atom. The van der Waals surface area contributed by atoms with E-state index >= 15 is 0 Å². The minimum Gasteiger partial charge on any atom is -0.490 e. The van der Waals surface area contributed by atoms with Gasteiger partial charge in [-0.2, -0.15) is 0 Å². The zero-order valence-corrected chi connectivity index (χ0v) is 18.0. The van der Waals surface area contributed by atoms with Crippen LogP contribution in [0.4, 0.5) is 15.8 Å². The first-order valence-electron chi connectivity index (χ1n) is 10.1. The van der Waals surface area contributed by atoms with Crippen LogP contribution in [0, 0.1) is 5.82 Å². The van der Waals surface area contributed by atoms with Gasteiger partial charge < -0.3 is 10.1 Å². The lowest BCUT2D eigenvalue weighted by Crippen LogP contribution is -2.47. The molecular weight excluding hydrogens is 407 g/mol. The van der Waals surface area contributed by atoms with Crippen LogP contribution in [0.3, 0.4) is 0 Å². The first-order chi connectivity index (χ1) is 14.3. The maximum Gasteiger partial charge on any atom is 0.248 e. The van der Waals surface area contributed by atoms with Crippen LogP contribution in [0.1, 0.15) is 39.0 Å². The number of benzene rings is 2. The molecule has 0 unspecified atom stereocenters. The van der Waals surface area contributed by atoms with E-state index in [1.54, 1.807) is 31.2 Å². The number of rotatable bonds is 8. The van der Waals surface area contributed by atoms with Crippen molar-refractivity contribution in [2.45, 2.75) is 51.2 Å². The number of anilines is 2. The largest absolute Gasteiger partial charge is 0.490 e. The number of amides is 1. The Morgan fingerprint density at radius 1 is 1.17 bits per heavy atom. The van der Waals surface area contributed by atoms with Gasteiger partial charge in [0.2, 0.25) is 15.9 Å². The molecule has 3 rings (SSSR count). The molecule has 1 N–H and O–H groups in total. The van der Waals surface area contributed by atoms with Gasteiger partial charge >= 0.3 is 0 Å². The monoisotopic (exact) mass is 434 g/mol. The summed E-state index contributed by atoms with van der Waals surface area (Å²) in [4.78, 5) is 12.9. The third kappa shape index (κ3) is 5.30. The zero-order chi connectivity index (χ0) is 21.7. The van der Waals surface area contributed by atoms with E-state index in [1.807, 2.05) is 0 Å². The fourth-order valence-corrected chi connectivity index (χ4v) is 4.92. The molecule has 0 saturated heterocycles. The summed E-state index contributed by atoms with van der Waals surface area (Å²) in [6.45, 7) is 1.68. The molecule has 8 heteroatoms. The smallest absolute Gasteiger partial charge is 0.248 e. The van der Waals surface area contributed by atoms with Gasteiger partial charge in [0.05, 0.1) is 18.0 Å². The summed E-state index contributed by atoms with van der Waals surface area (Å²) < 4.78 is 45.9. The summed E-state index contributed by atoms with van der Waals surface area (Å²) in [6, 6.07) is 11.4. The number of carbonyl (C=O) groups is 1. The summed E-state index contributed by atoms with van der Waals surface area (Å²) >= 11 is 0. The minimum absolute atomic E-state index is 0.151. The zero-order valence-electron chi connectivity index (χ0n) is 17.2. The molecule has 1 aliphatic carbocycles. The molecule has 0 aromatic heterocycles. The van der Waals surface area contributed by atoms with E-state index in [2.05, 4.69) is 5.32 Å². The van der Waals surface area contributed by atoms with Gasteiger partial charge in [0.15, 0.2) is 0 Å². The summed E-state index contributed by atoms with van der Waals surface area (Å²) in [5.74, 6) is -0.505. The van der Waals surface area contributed by atoms with Gasteiger partial charge in [-0.3, -0.25) is 9.10 Å². The number of sulfonamides is 1. The molecule has 0 spiro atoms. The number of halogens is 1. The van der Waals surface area contributed by atoms with E-state index < -0.39 is 27.8 Å². The van der Waals surface area contributed by atoms with Crippen LogP contribution in [0.15, 0.2) is 48.5 Å². The number of nitrogens with zero attached hydrogens (tertiary/aromatic N) is 1. The topological polar surface area (TPSA) is 75.7 Å². The van der Waals surface area contributed by atoms with Crippen LogP contribution >= 0.6 is 0 Å². The van der Waals surface area contributed by atoms with E-state index in [-0.39, 0.29) is 18.2 Å². The lowest BCUT2D eigenvalue weighted by molar-refractivity contribution is -0.117. The van der Waals surface area contributed by atoms with E-state index in [0.717, 1.165) is 29.2 Å². The van der Waals surface area contributed by atoms with Crippen LogP contribution in [-0.2, 0) is 14.8 Å². The second kappa shape index (κ2) is 9.47. The molecule has 0 bridgehead atoms. The summed E-state index contributed by atoms with van der Waals surface area (Å²) in [5, 5.41) is 2.73. The fourth-order valence-electron chi connectivity index (χ4n) is 3.71. The summed E-state index contributed by atoms with van der Waals surface area (Å²) in [6.07, 6.45) is 5.83. The summed E-state index contributed by atoms with van der Waals surface area (Å²) in [7, 11) is -3.90. The lowest BCUT2D eigenvalue weighted by atomic mass is 10.1. The molecule has 6 nitrogen and oxygen atoms in total. The average molecular weight is 435 g/mol. The molecule has 1 saturated carbocycles. The molecule has 1 atom stereocenters. The molecule has 1 aliphatic rings. The Labute approximate surface area is 177 Å². The number of carbonyl (C=O) groups excluding carboxylic acids is 1. The van der Waals surface area contributed by atoms with Gasteiger partial charge in [-0.1, -0.05) is 19.1 Å². The van der Waals surface area contributed by atoms with Crippen LogP contribution in [-0.4, -0.2) is 32.7 Å². The predicted octanol–water partition coefficient (Wildman–Crippen LogP) is 4.33. The minimum atomic E-state index is -3.90. The van der Waals surface area contributed by atoms with Gasteiger partial charge in [-0.05, 0) is 68.5 Å². The van der Waals surface area contributed by atoms with Crippen molar-refractivity contribution < 1.29 is 22.3 Å². The molecule has 2 aromatic rings. The van der Waals surface area contributed by atoms with E-state index in [4.69, 9.17) is 4.74 Å². The molecule has 0 heterocycles. The Kier molecular flexibility index (Phi) is 6.97. The molecule has 1 amide bonds. The van der Waals surface area contributed by atoms with Gasteiger partial charge in [0, 0.05) is 5.69 Å². The van der Waals surface area contributed by atoms with Crippen LogP contribution in [0.25, 0.3) is 0 Å². The fraction of sp³-hybridized carbons (Fsp3) is 0.409. The highest BCUT2D eigenvalue weighted by Crippen LogP contribution is 2.27. The standard InChI is InChI=1S/C22H27FN2O4S/c1-3-20(25(30(2,27)28)21-11-7-6-10-19(21)23)22(26)24-16-12-14-18(15-13-16)29-17-8-4-5-9-17/h6-7,10-15,17,20H,3-5,8-9H2,1-2H3,(H,24,26)/t20-/m0/s1. The molecule has 2 aromatic carbocycles. The van der Waals surface area contributed by atoms with E-state index in [0.29, 0.717) is 5.69 Å². The highest BCUT2D eigenvalue weighted by Gasteiger charge is 2.33. The number of hydrogen-bond acceptors (Lipinski definition) is 4. The van der Waals surface area contributed by atoms with Crippen molar-refractivity contribution >= 4 is 27.3 Å². The molecule has 162 valence electrons. The van der Waals surface area contributed by atoms with E-state index in [9.17, 15) is 17.6 Å². The van der Waals surface area contributed by atoms with Crippen molar-refractivity contribution in [1.82, 2.24) is 0 Å². The molecule has 0 radical (unpaired) electrons. The lowest BCUT2D eigenvalue weighted by Gasteiger charge is -2.30. The van der Waals surface area contributed by atoms with Crippen LogP contribution in [0.5, 0.6) is 5.75 Å². The van der Waals surface area contributed by atoms with Crippen molar-refractivity contribution in [1.29, 1.82) is 0 Å². The quantitative estimate of drug-likeness (QED) is 0.671. The Balaban J connectivity index is 1.76. The van der Waals surface area contributed by atoms with Gasteiger partial charge in [0.1, 0.15) is 17.6 Å². The Bertz CT molecular complexity index is 973.